The summed E-state index contributed by atoms with van der Waals surface area (Å²) in [4.78, 5) is 11.9. The minimum atomic E-state index is -0.703. The average molecular weight is 252 g/mol. The lowest BCUT2D eigenvalue weighted by atomic mass is 9.82. The maximum absolute atomic E-state index is 11.9. The molecule has 0 aliphatic heterocycles. The molecule has 1 rings (SSSR count). The normalized spacial score (nSPS) is 29.1. The first kappa shape index (κ1) is 15.1. The first-order valence-corrected chi connectivity index (χ1v) is 6.57. The smallest absolute Gasteiger partial charge is 0.165 e. The van der Waals surface area contributed by atoms with Crippen molar-refractivity contribution in [1.29, 1.82) is 0 Å². The van der Waals surface area contributed by atoms with E-state index in [4.69, 9.17) is 4.74 Å². The largest absolute Gasteiger partial charge is 0.386 e. The van der Waals surface area contributed by atoms with Gasteiger partial charge in [0.2, 0.25) is 0 Å². The van der Waals surface area contributed by atoms with Gasteiger partial charge in [0.15, 0.2) is 5.78 Å². The fraction of sp³-hybridized carbons (Fsp3) is 0.667. The Balaban J connectivity index is 2.77. The van der Waals surface area contributed by atoms with Gasteiger partial charge in [-0.15, -0.1) is 0 Å². The van der Waals surface area contributed by atoms with Crippen molar-refractivity contribution in [3.63, 3.8) is 0 Å². The molecule has 0 spiro atoms. The van der Waals surface area contributed by atoms with Crippen LogP contribution < -0.4 is 0 Å². The molecule has 0 saturated carbocycles. The number of carbonyl (C=O) groups excluding carboxylic acids is 1. The van der Waals surface area contributed by atoms with E-state index in [1.54, 1.807) is 0 Å². The Bertz CT molecular complexity index is 342. The number of aliphatic hydroxyl groups excluding tert-OH is 1. The molecule has 0 bridgehead atoms. The third-order valence-electron chi connectivity index (χ3n) is 3.40. The van der Waals surface area contributed by atoms with Gasteiger partial charge in [-0.3, -0.25) is 4.79 Å². The van der Waals surface area contributed by atoms with Gasteiger partial charge in [-0.25, -0.2) is 0 Å². The zero-order valence-electron chi connectivity index (χ0n) is 11.7. The highest BCUT2D eigenvalue weighted by Gasteiger charge is 2.35. The predicted octanol–water partition coefficient (Wildman–Crippen LogP) is 2.50. The topological polar surface area (TPSA) is 46.5 Å². The van der Waals surface area contributed by atoms with Gasteiger partial charge < -0.3 is 9.84 Å². The quantitative estimate of drug-likeness (QED) is 0.765. The van der Waals surface area contributed by atoms with Crippen molar-refractivity contribution in [1.82, 2.24) is 0 Å². The van der Waals surface area contributed by atoms with Crippen LogP contribution in [0.4, 0.5) is 0 Å². The van der Waals surface area contributed by atoms with Gasteiger partial charge in [0, 0.05) is 7.11 Å². The maximum atomic E-state index is 11.9. The number of hydrogen-bond acceptors (Lipinski definition) is 3. The van der Waals surface area contributed by atoms with E-state index >= 15 is 0 Å². The minimum absolute atomic E-state index is 0.0189. The zero-order valence-corrected chi connectivity index (χ0v) is 11.7. The second-order valence-corrected chi connectivity index (χ2v) is 5.35. The van der Waals surface area contributed by atoms with Gasteiger partial charge in [-0.05, 0) is 31.8 Å². The second kappa shape index (κ2) is 6.86. The summed E-state index contributed by atoms with van der Waals surface area (Å²) >= 11 is 0. The Morgan fingerprint density at radius 3 is 2.78 bits per heavy atom. The minimum Gasteiger partial charge on any atom is -0.386 e. The molecule has 1 N–H and O–H groups in total. The highest BCUT2D eigenvalue weighted by Crippen LogP contribution is 2.26. The fourth-order valence-electron chi connectivity index (χ4n) is 2.30. The summed E-state index contributed by atoms with van der Waals surface area (Å²) in [6.45, 7) is 6.31. The van der Waals surface area contributed by atoms with Gasteiger partial charge in [0.1, 0.15) is 6.10 Å². The van der Waals surface area contributed by atoms with Crippen LogP contribution in [-0.4, -0.2) is 30.2 Å². The molecule has 0 unspecified atom stereocenters. The summed E-state index contributed by atoms with van der Waals surface area (Å²) in [5.41, 5.74) is 0.996. The summed E-state index contributed by atoms with van der Waals surface area (Å²) in [5.74, 6) is 0.326. The van der Waals surface area contributed by atoms with E-state index in [9.17, 15) is 9.90 Å². The van der Waals surface area contributed by atoms with Crippen LogP contribution in [0.3, 0.4) is 0 Å². The summed E-state index contributed by atoms with van der Waals surface area (Å²) < 4.78 is 5.27. The molecule has 0 heterocycles. The molecule has 0 aromatic carbocycles. The van der Waals surface area contributed by atoms with E-state index in [2.05, 4.69) is 19.9 Å². The molecule has 3 atom stereocenters. The van der Waals surface area contributed by atoms with Crippen molar-refractivity contribution in [3.8, 4) is 0 Å². The summed E-state index contributed by atoms with van der Waals surface area (Å²) in [5, 5.41) is 9.83. The Morgan fingerprint density at radius 1 is 1.56 bits per heavy atom. The number of allylic oxidation sites excluding steroid dienone is 2. The third-order valence-corrected chi connectivity index (χ3v) is 3.40. The van der Waals surface area contributed by atoms with Crippen molar-refractivity contribution in [2.45, 2.75) is 45.8 Å². The first-order chi connectivity index (χ1) is 8.47. The number of ketones is 1. The van der Waals surface area contributed by atoms with E-state index in [1.807, 2.05) is 6.92 Å². The Morgan fingerprint density at radius 2 is 2.22 bits per heavy atom. The summed E-state index contributed by atoms with van der Waals surface area (Å²) in [6, 6.07) is 0. The molecule has 0 aromatic rings. The molecule has 3 nitrogen and oxygen atoms in total. The Labute approximate surface area is 110 Å². The van der Waals surface area contributed by atoms with E-state index in [-0.39, 0.29) is 11.7 Å². The number of ether oxygens (including phenoxy) is 1. The molecule has 0 amide bonds. The van der Waals surface area contributed by atoms with Crippen molar-refractivity contribution in [2.75, 3.05) is 7.11 Å². The monoisotopic (exact) mass is 252 g/mol. The molecule has 0 fully saturated rings. The Kier molecular flexibility index (Phi) is 5.76. The highest BCUT2D eigenvalue weighted by molar-refractivity contribution is 5.95. The van der Waals surface area contributed by atoms with Gasteiger partial charge in [-0.2, -0.15) is 0 Å². The first-order valence-electron chi connectivity index (χ1n) is 6.57. The highest BCUT2D eigenvalue weighted by atomic mass is 16.5. The van der Waals surface area contributed by atoms with Gasteiger partial charge in [-0.1, -0.05) is 31.6 Å². The molecule has 102 valence electrons. The van der Waals surface area contributed by atoms with Crippen LogP contribution in [0.2, 0.25) is 0 Å². The zero-order chi connectivity index (χ0) is 13.7. The van der Waals surface area contributed by atoms with Gasteiger partial charge in [0.25, 0.3) is 0 Å². The number of hydrogen-bond donors (Lipinski definition) is 1. The second-order valence-electron chi connectivity index (χ2n) is 5.35. The fourth-order valence-corrected chi connectivity index (χ4v) is 2.30. The van der Waals surface area contributed by atoms with E-state index in [0.29, 0.717) is 5.92 Å². The lowest BCUT2D eigenvalue weighted by Gasteiger charge is -2.30. The number of aliphatic hydroxyl groups is 1. The van der Waals surface area contributed by atoms with Crippen LogP contribution in [0.5, 0.6) is 0 Å². The standard InChI is InChI=1S/C15H24O3/c1-10(2)6-5-7-11(3)14-12(16)8-9-13(17)15(14)18-4/h7-10,13-15,17H,5-6H2,1-4H3/t13-,14-,15-/m1/s1. The molecule has 3 heteroatoms. The lowest BCUT2D eigenvalue weighted by molar-refractivity contribution is -0.125. The van der Waals surface area contributed by atoms with Crippen molar-refractivity contribution >= 4 is 5.78 Å². The Hall–Kier alpha value is -0.930. The SMILES string of the molecule is CO[C@H]1[C@H](C(C)=CCCC(C)C)C(=O)C=C[C@H]1O. The van der Waals surface area contributed by atoms with Crippen molar-refractivity contribution in [3.05, 3.63) is 23.8 Å². The lowest BCUT2D eigenvalue weighted by Crippen LogP contribution is -2.41. The van der Waals surface area contributed by atoms with Crippen LogP contribution >= 0.6 is 0 Å². The molecule has 0 saturated heterocycles. The third kappa shape index (κ3) is 3.79. The molecule has 0 aromatic heterocycles. The average Bonchev–Trinajstić information content (AvgIpc) is 2.30. The molecular formula is C15H24O3. The molecular weight excluding hydrogens is 228 g/mol. The van der Waals surface area contributed by atoms with Crippen LogP contribution in [-0.2, 0) is 9.53 Å². The summed E-state index contributed by atoms with van der Waals surface area (Å²) in [7, 11) is 1.54. The van der Waals surface area contributed by atoms with Crippen LogP contribution in [0.1, 0.15) is 33.6 Å². The molecule has 0 radical (unpaired) electrons. The maximum Gasteiger partial charge on any atom is 0.165 e. The number of methoxy groups -OCH3 is 1. The van der Waals surface area contributed by atoms with Crippen molar-refractivity contribution in [2.24, 2.45) is 11.8 Å². The van der Waals surface area contributed by atoms with Gasteiger partial charge in [0.05, 0.1) is 12.0 Å². The molecule has 18 heavy (non-hydrogen) atoms. The number of carbonyl (C=O) groups is 1. The van der Waals surface area contributed by atoms with E-state index < -0.39 is 12.2 Å². The van der Waals surface area contributed by atoms with Crippen LogP contribution in [0.25, 0.3) is 0 Å². The molecule has 1 aliphatic rings. The van der Waals surface area contributed by atoms with E-state index in [1.165, 1.54) is 19.3 Å². The van der Waals surface area contributed by atoms with Crippen LogP contribution in [0, 0.1) is 11.8 Å². The van der Waals surface area contributed by atoms with Crippen LogP contribution in [0.15, 0.2) is 23.8 Å². The number of rotatable bonds is 5. The van der Waals surface area contributed by atoms with E-state index in [0.717, 1.165) is 18.4 Å². The summed E-state index contributed by atoms with van der Waals surface area (Å²) in [6.07, 6.45) is 5.97. The van der Waals surface area contributed by atoms with Crippen molar-refractivity contribution < 1.29 is 14.6 Å². The molecule has 1 aliphatic carbocycles. The van der Waals surface area contributed by atoms with Gasteiger partial charge >= 0.3 is 0 Å². The predicted molar refractivity (Wildman–Crippen MR) is 72.3 cm³/mol.